The smallest absolute Gasteiger partial charge is 0.214 e. The second-order valence-electron chi connectivity index (χ2n) is 7.50. The Hall–Kier alpha value is -3.59. The third-order valence-corrected chi connectivity index (χ3v) is 6.15. The Morgan fingerprint density at radius 2 is 1.71 bits per heavy atom. The molecule has 7 nitrogen and oxygen atoms in total. The third kappa shape index (κ3) is 4.70. The topological polar surface area (TPSA) is 74.4 Å². The van der Waals surface area contributed by atoms with Crippen LogP contribution in [-0.4, -0.2) is 52.3 Å². The minimum atomic E-state index is 0.418. The van der Waals surface area contributed by atoms with Crippen molar-refractivity contribution in [3.8, 4) is 11.4 Å². The number of benzene rings is 3. The van der Waals surface area contributed by atoms with E-state index in [0.717, 1.165) is 21.9 Å². The summed E-state index contributed by atoms with van der Waals surface area (Å²) < 4.78 is 12.4. The summed E-state index contributed by atoms with van der Waals surface area (Å²) in [5.41, 5.74) is 1.88. The van der Waals surface area contributed by atoms with E-state index in [2.05, 4.69) is 57.6 Å². The summed E-state index contributed by atoms with van der Waals surface area (Å²) in [6.07, 6.45) is 5.38. The monoisotopic (exact) mass is 469 g/mol. The Bertz CT molecular complexity index is 1380. The Labute approximate surface area is 201 Å². The molecule has 5 aromatic rings. The summed E-state index contributed by atoms with van der Waals surface area (Å²) in [6, 6.07) is 22.7. The molecule has 0 aliphatic heterocycles. The van der Waals surface area contributed by atoms with Crippen LogP contribution in [0.4, 0.5) is 0 Å². The van der Waals surface area contributed by atoms with E-state index in [0.29, 0.717) is 30.1 Å². The fourth-order valence-electron chi connectivity index (χ4n) is 3.73. The largest absolute Gasteiger partial charge is 0.382 e. The van der Waals surface area contributed by atoms with Crippen molar-refractivity contribution in [2.45, 2.75) is 5.16 Å². The Kier molecular flexibility index (Phi) is 6.90. The van der Waals surface area contributed by atoms with Gasteiger partial charge >= 0.3 is 0 Å². The Balaban J connectivity index is 1.57. The lowest BCUT2D eigenvalue weighted by Crippen LogP contribution is -2.02. The Morgan fingerprint density at radius 1 is 0.941 bits per heavy atom. The molecule has 8 heteroatoms. The molecule has 2 aromatic heterocycles. The molecule has 170 valence electrons. The lowest BCUT2D eigenvalue weighted by atomic mass is 9.97. The summed E-state index contributed by atoms with van der Waals surface area (Å²) >= 11 is 1.43. The zero-order chi connectivity index (χ0) is 23.2. The molecule has 0 fully saturated rings. The average Bonchev–Trinajstić information content (AvgIpc) is 3.29. The van der Waals surface area contributed by atoms with E-state index in [1.807, 2.05) is 30.5 Å². The molecule has 0 radical (unpaired) electrons. The van der Waals surface area contributed by atoms with Crippen LogP contribution in [0.2, 0.25) is 0 Å². The molecular formula is C26H23N5O2S. The third-order valence-electron chi connectivity index (χ3n) is 5.35. The van der Waals surface area contributed by atoms with E-state index >= 15 is 0 Å². The zero-order valence-electron chi connectivity index (χ0n) is 18.7. The fourth-order valence-corrected chi connectivity index (χ4v) is 4.39. The van der Waals surface area contributed by atoms with Gasteiger partial charge in [0, 0.05) is 30.6 Å². The summed E-state index contributed by atoms with van der Waals surface area (Å²) in [5.74, 6) is 1.04. The number of methoxy groups -OCH3 is 1. The molecule has 3 aromatic carbocycles. The van der Waals surface area contributed by atoms with Gasteiger partial charge in [0.15, 0.2) is 5.82 Å². The van der Waals surface area contributed by atoms with Gasteiger partial charge in [-0.15, -0.1) is 10.2 Å². The maximum Gasteiger partial charge on any atom is 0.214 e. The molecule has 0 spiro atoms. The van der Waals surface area contributed by atoms with E-state index < -0.39 is 0 Å². The summed E-state index contributed by atoms with van der Waals surface area (Å²) in [7, 11) is 1.65. The van der Waals surface area contributed by atoms with Gasteiger partial charge in [0.2, 0.25) is 5.16 Å². The molecule has 0 saturated heterocycles. The lowest BCUT2D eigenvalue weighted by molar-refractivity contribution is 0.0952. The van der Waals surface area contributed by atoms with E-state index in [1.165, 1.54) is 22.5 Å². The number of hydrogen-bond acceptors (Lipinski definition) is 7. The number of thioether (sulfide) groups is 1. The Morgan fingerprint density at radius 3 is 2.41 bits per heavy atom. The standard InChI is InChI=1S/C26H23N5O2S/c1-32-13-14-33-18-34-26-30-29-25(21-9-6-12-27-16-21)31(26)28-17-24-22-10-4-2-7-19(22)15-20-8-3-5-11-23(20)24/h2-12,15-17H,13-14,18H2,1H3. The molecule has 0 bridgehead atoms. The quantitative estimate of drug-likeness (QED) is 0.0966. The number of aromatic nitrogens is 4. The highest BCUT2D eigenvalue weighted by Gasteiger charge is 2.15. The predicted octanol–water partition coefficient (Wildman–Crippen LogP) is 5.24. The van der Waals surface area contributed by atoms with Crippen LogP contribution in [0.3, 0.4) is 0 Å². The molecule has 0 aliphatic rings. The van der Waals surface area contributed by atoms with E-state index in [4.69, 9.17) is 14.6 Å². The minimum absolute atomic E-state index is 0.418. The normalized spacial score (nSPS) is 11.7. The molecule has 0 unspecified atom stereocenters. The van der Waals surface area contributed by atoms with Gasteiger partial charge in [-0.3, -0.25) is 4.98 Å². The average molecular weight is 470 g/mol. The van der Waals surface area contributed by atoms with Gasteiger partial charge in [-0.1, -0.05) is 60.3 Å². The van der Waals surface area contributed by atoms with Crippen LogP contribution in [0.5, 0.6) is 0 Å². The van der Waals surface area contributed by atoms with Crippen LogP contribution in [0, 0.1) is 0 Å². The highest BCUT2D eigenvalue weighted by molar-refractivity contribution is 7.99. The first-order chi connectivity index (χ1) is 16.8. The van der Waals surface area contributed by atoms with Crippen molar-refractivity contribution in [3.05, 3.63) is 84.7 Å². The number of hydrogen-bond donors (Lipinski definition) is 0. The molecule has 0 amide bonds. The zero-order valence-corrected chi connectivity index (χ0v) is 19.5. The summed E-state index contributed by atoms with van der Waals surface area (Å²) in [5, 5.41) is 18.9. The lowest BCUT2D eigenvalue weighted by Gasteiger charge is -2.09. The van der Waals surface area contributed by atoms with E-state index in [-0.39, 0.29) is 0 Å². The van der Waals surface area contributed by atoms with Gasteiger partial charge in [-0.2, -0.15) is 9.78 Å². The maximum atomic E-state index is 5.62. The molecule has 34 heavy (non-hydrogen) atoms. The van der Waals surface area contributed by atoms with Crippen molar-refractivity contribution in [1.82, 2.24) is 19.9 Å². The maximum absolute atomic E-state index is 5.62. The van der Waals surface area contributed by atoms with Gasteiger partial charge in [0.05, 0.1) is 25.4 Å². The van der Waals surface area contributed by atoms with E-state index in [9.17, 15) is 0 Å². The van der Waals surface area contributed by atoms with E-state index in [1.54, 1.807) is 24.2 Å². The first kappa shape index (κ1) is 22.2. The van der Waals surface area contributed by atoms with Crippen LogP contribution in [0.1, 0.15) is 5.56 Å². The molecular weight excluding hydrogens is 446 g/mol. The highest BCUT2D eigenvalue weighted by Crippen LogP contribution is 2.28. The number of rotatable bonds is 9. The van der Waals surface area contributed by atoms with Crippen LogP contribution in [0.15, 0.2) is 89.4 Å². The van der Waals surface area contributed by atoms with Gasteiger partial charge in [0.1, 0.15) is 0 Å². The fraction of sp³-hybridized carbons (Fsp3) is 0.154. The van der Waals surface area contributed by atoms with Crippen LogP contribution in [0.25, 0.3) is 32.9 Å². The minimum Gasteiger partial charge on any atom is -0.382 e. The number of fused-ring (bicyclic) bond motifs is 2. The molecule has 0 aliphatic carbocycles. The first-order valence-electron chi connectivity index (χ1n) is 10.9. The second kappa shape index (κ2) is 10.6. The SMILES string of the molecule is COCCOCSc1nnc(-c2cccnc2)n1N=Cc1c2ccccc2cc2ccccc12. The number of pyridine rings is 1. The summed E-state index contributed by atoms with van der Waals surface area (Å²) in [6.45, 7) is 1.05. The van der Waals surface area contributed by atoms with Gasteiger partial charge in [-0.05, 0) is 39.7 Å². The van der Waals surface area contributed by atoms with Gasteiger partial charge in [-0.25, -0.2) is 0 Å². The molecule has 0 atom stereocenters. The highest BCUT2D eigenvalue weighted by atomic mass is 32.2. The first-order valence-corrected chi connectivity index (χ1v) is 11.8. The molecule has 2 heterocycles. The molecule has 0 saturated carbocycles. The van der Waals surface area contributed by atoms with Crippen LogP contribution >= 0.6 is 11.8 Å². The number of nitrogens with zero attached hydrogens (tertiary/aromatic N) is 5. The van der Waals surface area contributed by atoms with Crippen molar-refractivity contribution in [2.24, 2.45) is 5.10 Å². The number of ether oxygens (including phenoxy) is 2. The van der Waals surface area contributed by atoms with Crippen molar-refractivity contribution in [2.75, 3.05) is 26.3 Å². The second-order valence-corrected chi connectivity index (χ2v) is 8.39. The van der Waals surface area contributed by atoms with Crippen molar-refractivity contribution < 1.29 is 9.47 Å². The van der Waals surface area contributed by atoms with Gasteiger partial charge in [0.25, 0.3) is 0 Å². The van der Waals surface area contributed by atoms with Gasteiger partial charge < -0.3 is 9.47 Å². The van der Waals surface area contributed by atoms with Crippen molar-refractivity contribution in [1.29, 1.82) is 0 Å². The van der Waals surface area contributed by atoms with Crippen LogP contribution in [-0.2, 0) is 9.47 Å². The van der Waals surface area contributed by atoms with Crippen molar-refractivity contribution >= 4 is 39.5 Å². The van der Waals surface area contributed by atoms with Crippen molar-refractivity contribution in [3.63, 3.8) is 0 Å². The summed E-state index contributed by atoms with van der Waals surface area (Å²) in [4.78, 5) is 4.23. The molecule has 0 N–H and O–H groups in total. The van der Waals surface area contributed by atoms with Crippen LogP contribution < -0.4 is 0 Å². The molecule has 5 rings (SSSR count). The predicted molar refractivity (Wildman–Crippen MR) is 136 cm³/mol.